The molecule has 0 unspecified atom stereocenters. The number of ether oxygens (including phenoxy) is 3. The number of aryl methyl sites for hydroxylation is 2. The number of benzene rings is 4. The summed E-state index contributed by atoms with van der Waals surface area (Å²) in [4.78, 5) is 29.0. The summed E-state index contributed by atoms with van der Waals surface area (Å²) in [6.07, 6.45) is -0.0446. The Morgan fingerprint density at radius 1 is 0.909 bits per heavy atom. The lowest BCUT2D eigenvalue weighted by Crippen LogP contribution is -2.41. The molecule has 0 amide bonds. The Bertz CT molecular complexity index is 1840. The van der Waals surface area contributed by atoms with Crippen LogP contribution >= 0.6 is 0 Å². The van der Waals surface area contributed by atoms with Gasteiger partial charge in [-0.05, 0) is 79.4 Å². The van der Waals surface area contributed by atoms with E-state index in [0.717, 1.165) is 44.7 Å². The van der Waals surface area contributed by atoms with E-state index in [-0.39, 0.29) is 31.0 Å². The zero-order chi connectivity index (χ0) is 30.8. The van der Waals surface area contributed by atoms with Gasteiger partial charge in [-0.15, -0.1) is 0 Å². The van der Waals surface area contributed by atoms with Crippen LogP contribution in [0, 0.1) is 20.8 Å². The van der Waals surface area contributed by atoms with E-state index in [1.54, 1.807) is 10.6 Å². The second kappa shape index (κ2) is 12.3. The summed E-state index contributed by atoms with van der Waals surface area (Å²) >= 11 is 0. The van der Waals surface area contributed by atoms with Crippen molar-refractivity contribution in [2.45, 2.75) is 39.9 Å². The minimum absolute atomic E-state index is 0.0771. The quantitative estimate of drug-likeness (QED) is 0.185. The predicted molar refractivity (Wildman–Crippen MR) is 172 cm³/mol. The van der Waals surface area contributed by atoms with Crippen LogP contribution in [0.2, 0.25) is 0 Å². The highest BCUT2D eigenvalue weighted by Crippen LogP contribution is 2.34. The van der Waals surface area contributed by atoms with Crippen molar-refractivity contribution in [3.63, 3.8) is 0 Å². The molecule has 0 saturated heterocycles. The molecular formula is C37H36N2O5. The molecule has 1 aliphatic rings. The van der Waals surface area contributed by atoms with E-state index in [4.69, 9.17) is 14.2 Å². The van der Waals surface area contributed by atoms with Crippen LogP contribution in [0.25, 0.3) is 10.9 Å². The minimum Gasteiger partial charge on any atom is -0.490 e. The lowest BCUT2D eigenvalue weighted by molar-refractivity contribution is -0.144. The van der Waals surface area contributed by atoms with Crippen LogP contribution in [0.1, 0.15) is 38.3 Å². The van der Waals surface area contributed by atoms with E-state index < -0.39 is 0 Å². The standard InChI is InChI=1S/C37H36N2O5/c1-24-14-17-35-34(18-24)38(4)21-29(44-35)23-42-28-15-16-30(25(2)19-28)37(41)39-26(3)32(31-12-8-9-13-33(31)39)20-36(40)43-22-27-10-6-5-7-11-27/h5-19,29H,20-23H2,1-4H3/t29-/m0/s1. The Morgan fingerprint density at radius 3 is 2.48 bits per heavy atom. The second-order valence-corrected chi connectivity index (χ2v) is 11.4. The van der Waals surface area contributed by atoms with E-state index in [2.05, 4.69) is 24.9 Å². The summed E-state index contributed by atoms with van der Waals surface area (Å²) in [7, 11) is 2.06. The Morgan fingerprint density at radius 2 is 1.68 bits per heavy atom. The van der Waals surface area contributed by atoms with Gasteiger partial charge in [0.25, 0.3) is 5.91 Å². The molecule has 1 aromatic heterocycles. The average Bonchev–Trinajstić information content (AvgIpc) is 3.30. The summed E-state index contributed by atoms with van der Waals surface area (Å²) < 4.78 is 19.6. The van der Waals surface area contributed by atoms with Gasteiger partial charge in [0.05, 0.1) is 24.2 Å². The average molecular weight is 589 g/mol. The highest BCUT2D eigenvalue weighted by Gasteiger charge is 2.25. The third-order valence-electron chi connectivity index (χ3n) is 8.17. The van der Waals surface area contributed by atoms with Crippen LogP contribution in [-0.4, -0.2) is 42.7 Å². The van der Waals surface area contributed by atoms with Crippen molar-refractivity contribution in [3.8, 4) is 11.5 Å². The first-order chi connectivity index (χ1) is 21.3. The number of fused-ring (bicyclic) bond motifs is 2. The van der Waals surface area contributed by atoms with Crippen molar-refractivity contribution >= 4 is 28.5 Å². The molecule has 6 rings (SSSR count). The normalized spacial score (nSPS) is 14.2. The van der Waals surface area contributed by atoms with Crippen LogP contribution in [-0.2, 0) is 22.6 Å². The van der Waals surface area contributed by atoms with Gasteiger partial charge in [0, 0.05) is 23.7 Å². The summed E-state index contributed by atoms with van der Waals surface area (Å²) in [5, 5.41) is 0.863. The van der Waals surface area contributed by atoms with E-state index in [0.29, 0.717) is 24.5 Å². The molecule has 7 nitrogen and oxygen atoms in total. The maximum Gasteiger partial charge on any atom is 0.310 e. The Hall–Kier alpha value is -5.04. The van der Waals surface area contributed by atoms with Gasteiger partial charge >= 0.3 is 5.97 Å². The summed E-state index contributed by atoms with van der Waals surface area (Å²) in [6, 6.07) is 29.0. The van der Waals surface area contributed by atoms with Crippen molar-refractivity contribution in [1.29, 1.82) is 0 Å². The van der Waals surface area contributed by atoms with Gasteiger partial charge in [0.15, 0.2) is 0 Å². The number of aromatic nitrogens is 1. The monoisotopic (exact) mass is 588 g/mol. The van der Waals surface area contributed by atoms with Crippen molar-refractivity contribution in [2.75, 3.05) is 25.1 Å². The van der Waals surface area contributed by atoms with Crippen LogP contribution in [0.4, 0.5) is 5.69 Å². The number of likely N-dealkylation sites (N-methyl/N-ethyl adjacent to an activating group) is 1. The Balaban J connectivity index is 1.17. The molecule has 44 heavy (non-hydrogen) atoms. The van der Waals surface area contributed by atoms with Gasteiger partial charge in [-0.3, -0.25) is 14.2 Å². The maximum absolute atomic E-state index is 14.0. The zero-order valence-electron chi connectivity index (χ0n) is 25.5. The van der Waals surface area contributed by atoms with E-state index >= 15 is 0 Å². The SMILES string of the molecule is Cc1ccc2c(c1)N(C)C[C@@H](COc1ccc(C(=O)n3c(C)c(CC(=O)OCc4ccccc4)c4ccccc43)c(C)c1)O2. The number of anilines is 1. The molecule has 0 fully saturated rings. The largest absolute Gasteiger partial charge is 0.490 e. The number of hydrogen-bond donors (Lipinski definition) is 0. The zero-order valence-corrected chi connectivity index (χ0v) is 25.5. The molecule has 1 aliphatic heterocycles. The van der Waals surface area contributed by atoms with Gasteiger partial charge in [-0.1, -0.05) is 54.6 Å². The topological polar surface area (TPSA) is 70.0 Å². The first-order valence-electron chi connectivity index (χ1n) is 14.8. The number of nitrogens with zero attached hydrogens (tertiary/aromatic N) is 2. The predicted octanol–water partition coefficient (Wildman–Crippen LogP) is 6.82. The number of carbonyl (C=O) groups is 2. The number of para-hydroxylation sites is 1. The molecule has 0 aliphatic carbocycles. The third-order valence-corrected chi connectivity index (χ3v) is 8.17. The number of rotatable bonds is 8. The lowest BCUT2D eigenvalue weighted by Gasteiger charge is -2.34. The lowest BCUT2D eigenvalue weighted by atomic mass is 10.1. The van der Waals surface area contributed by atoms with Crippen LogP contribution in [0.15, 0.2) is 91.0 Å². The third kappa shape index (κ3) is 5.91. The van der Waals surface area contributed by atoms with Crippen molar-refractivity contribution in [1.82, 2.24) is 4.57 Å². The van der Waals surface area contributed by atoms with E-state index in [1.807, 2.05) is 92.7 Å². The Kier molecular flexibility index (Phi) is 8.11. The van der Waals surface area contributed by atoms with Crippen LogP contribution in [0.3, 0.4) is 0 Å². The molecule has 5 aromatic rings. The van der Waals surface area contributed by atoms with Gasteiger partial charge in [0.1, 0.15) is 30.8 Å². The van der Waals surface area contributed by atoms with Crippen LogP contribution in [0.5, 0.6) is 11.5 Å². The summed E-state index contributed by atoms with van der Waals surface area (Å²) in [5.41, 5.74) is 6.85. The Labute approximate surface area is 257 Å². The maximum atomic E-state index is 14.0. The molecule has 0 spiro atoms. The van der Waals surface area contributed by atoms with Gasteiger partial charge in [0.2, 0.25) is 0 Å². The van der Waals surface area contributed by atoms with Crippen molar-refractivity contribution in [2.24, 2.45) is 0 Å². The first-order valence-corrected chi connectivity index (χ1v) is 14.8. The first kappa shape index (κ1) is 29.1. The fourth-order valence-corrected chi connectivity index (χ4v) is 5.86. The molecule has 224 valence electrons. The van der Waals surface area contributed by atoms with Gasteiger partial charge < -0.3 is 19.1 Å². The van der Waals surface area contributed by atoms with Crippen molar-refractivity contribution < 1.29 is 23.8 Å². The highest BCUT2D eigenvalue weighted by molar-refractivity contribution is 6.05. The molecular weight excluding hydrogens is 552 g/mol. The number of carbonyl (C=O) groups excluding carboxylic acids is 2. The minimum atomic E-state index is -0.336. The molecule has 0 radical (unpaired) electrons. The molecule has 7 heteroatoms. The number of hydrogen-bond acceptors (Lipinski definition) is 6. The smallest absolute Gasteiger partial charge is 0.310 e. The van der Waals surface area contributed by atoms with E-state index in [9.17, 15) is 9.59 Å². The van der Waals surface area contributed by atoms with Gasteiger partial charge in [-0.25, -0.2) is 0 Å². The highest BCUT2D eigenvalue weighted by atomic mass is 16.5. The fraction of sp³-hybridized carbons (Fsp3) is 0.243. The van der Waals surface area contributed by atoms with Gasteiger partial charge in [-0.2, -0.15) is 0 Å². The second-order valence-electron chi connectivity index (χ2n) is 11.4. The molecule has 0 saturated carbocycles. The molecule has 2 heterocycles. The van der Waals surface area contributed by atoms with Crippen molar-refractivity contribution in [3.05, 3.63) is 125 Å². The molecule has 0 N–H and O–H groups in total. The summed E-state index contributed by atoms with van der Waals surface area (Å²) in [5.74, 6) is 1.04. The molecule has 0 bridgehead atoms. The fourth-order valence-electron chi connectivity index (χ4n) is 5.86. The molecule has 4 aromatic carbocycles. The van der Waals surface area contributed by atoms with Crippen LogP contribution < -0.4 is 14.4 Å². The number of esters is 1. The van der Waals surface area contributed by atoms with E-state index in [1.165, 1.54) is 5.56 Å². The summed E-state index contributed by atoms with van der Waals surface area (Å²) in [6.45, 7) is 7.17. The molecule has 1 atom stereocenters.